The molecule has 4 fully saturated rings. The lowest BCUT2D eigenvalue weighted by atomic mass is 9.45. The first-order chi connectivity index (χ1) is 16.6. The van der Waals surface area contributed by atoms with Crippen molar-refractivity contribution < 1.29 is 38.1 Å². The molecule has 0 N–H and O–H groups in total. The van der Waals surface area contributed by atoms with Crippen LogP contribution in [0.5, 0.6) is 0 Å². The average Bonchev–Trinajstić information content (AvgIpc) is 3.63. The monoisotopic (exact) mass is 500 g/mol. The summed E-state index contributed by atoms with van der Waals surface area (Å²) < 4.78 is 23.3. The molecular formula is C28H36O8. The van der Waals surface area contributed by atoms with E-state index in [0.29, 0.717) is 5.57 Å². The van der Waals surface area contributed by atoms with Crippen LogP contribution in [-0.4, -0.2) is 60.1 Å². The van der Waals surface area contributed by atoms with E-state index in [2.05, 4.69) is 0 Å². The predicted octanol–water partition coefficient (Wildman–Crippen LogP) is 2.97. The number of carbonyl (C=O) groups excluding carboxylic acids is 4. The molecule has 8 heteroatoms. The summed E-state index contributed by atoms with van der Waals surface area (Å²) in [7, 11) is 0. The van der Waals surface area contributed by atoms with Crippen LogP contribution < -0.4 is 0 Å². The van der Waals surface area contributed by atoms with Gasteiger partial charge >= 0.3 is 11.9 Å². The molecule has 0 radical (unpaired) electrons. The van der Waals surface area contributed by atoms with Gasteiger partial charge in [-0.1, -0.05) is 59.8 Å². The second-order valence-electron chi connectivity index (χ2n) is 13.1. The van der Waals surface area contributed by atoms with Crippen LogP contribution in [0.4, 0.5) is 0 Å². The second-order valence-corrected chi connectivity index (χ2v) is 13.1. The number of fused-ring (bicyclic) bond motifs is 5. The number of ketones is 2. The van der Waals surface area contributed by atoms with Gasteiger partial charge in [0.25, 0.3) is 0 Å². The number of rotatable bonds is 3. The summed E-state index contributed by atoms with van der Waals surface area (Å²) >= 11 is 0. The highest BCUT2D eigenvalue weighted by Crippen LogP contribution is 2.65. The number of Topliss-reactive ketones (excluding diaryl/α,β-unsaturated/α-hetero) is 2. The normalized spacial score (nSPS) is 43.0. The summed E-state index contributed by atoms with van der Waals surface area (Å²) in [6, 6.07) is 0. The quantitative estimate of drug-likeness (QED) is 0.330. The molecule has 0 amide bonds. The van der Waals surface area contributed by atoms with Crippen LogP contribution in [0.1, 0.15) is 55.4 Å². The topological polar surface area (TPSA) is 112 Å². The first-order valence-electron chi connectivity index (χ1n) is 12.7. The van der Waals surface area contributed by atoms with Crippen LogP contribution in [0, 0.1) is 34.0 Å². The lowest BCUT2D eigenvalue weighted by Crippen LogP contribution is -2.65. The van der Waals surface area contributed by atoms with Gasteiger partial charge in [-0.3, -0.25) is 19.2 Å². The van der Waals surface area contributed by atoms with E-state index in [0.717, 1.165) is 0 Å². The Morgan fingerprint density at radius 3 is 2.03 bits per heavy atom. The fraction of sp³-hybridized carbons (Fsp3) is 0.714. The third-order valence-corrected chi connectivity index (χ3v) is 8.19. The molecule has 8 nitrogen and oxygen atoms in total. The number of epoxide rings is 2. The molecule has 0 bridgehead atoms. The van der Waals surface area contributed by atoms with E-state index in [1.807, 2.05) is 59.8 Å². The summed E-state index contributed by atoms with van der Waals surface area (Å²) in [5.74, 6) is -2.96. The van der Waals surface area contributed by atoms with Gasteiger partial charge in [0.15, 0.2) is 17.7 Å². The lowest BCUT2D eigenvalue weighted by Gasteiger charge is -2.57. The second kappa shape index (κ2) is 7.84. The molecular weight excluding hydrogens is 464 g/mol. The Morgan fingerprint density at radius 2 is 1.47 bits per heavy atom. The number of carbonyl (C=O) groups is 4. The maximum absolute atomic E-state index is 14.3. The molecule has 2 saturated heterocycles. The Hall–Kier alpha value is -2.32. The zero-order valence-corrected chi connectivity index (χ0v) is 22.2. The van der Waals surface area contributed by atoms with E-state index in [1.165, 1.54) is 13.8 Å². The van der Waals surface area contributed by atoms with Crippen LogP contribution in [0.2, 0.25) is 0 Å². The van der Waals surface area contributed by atoms with E-state index in [1.54, 1.807) is 0 Å². The number of hydrogen-bond acceptors (Lipinski definition) is 8. The molecule has 0 aromatic heterocycles. The molecule has 2 saturated carbocycles. The Morgan fingerprint density at radius 1 is 0.917 bits per heavy atom. The van der Waals surface area contributed by atoms with E-state index < -0.39 is 77.1 Å². The third-order valence-electron chi connectivity index (χ3n) is 8.19. The van der Waals surface area contributed by atoms with Gasteiger partial charge in [-0.05, 0) is 16.7 Å². The summed E-state index contributed by atoms with van der Waals surface area (Å²) in [5, 5.41) is 0. The zero-order valence-electron chi connectivity index (χ0n) is 22.2. The Kier molecular flexibility index (Phi) is 5.52. The molecule has 196 valence electrons. The fourth-order valence-electron chi connectivity index (χ4n) is 6.85. The predicted molar refractivity (Wildman–Crippen MR) is 127 cm³/mol. The lowest BCUT2D eigenvalue weighted by molar-refractivity contribution is -0.175. The average molecular weight is 501 g/mol. The van der Waals surface area contributed by atoms with Crippen LogP contribution in [0.3, 0.4) is 0 Å². The molecule has 0 spiro atoms. The van der Waals surface area contributed by atoms with Crippen LogP contribution >= 0.6 is 0 Å². The van der Waals surface area contributed by atoms with Gasteiger partial charge in [0.05, 0.1) is 5.41 Å². The van der Waals surface area contributed by atoms with Crippen LogP contribution in [0.15, 0.2) is 23.8 Å². The zero-order chi connectivity index (χ0) is 26.5. The number of ether oxygens (including phenoxy) is 4. The van der Waals surface area contributed by atoms with Crippen molar-refractivity contribution in [3.63, 3.8) is 0 Å². The molecule has 10 atom stereocenters. The summed E-state index contributed by atoms with van der Waals surface area (Å²) in [6.45, 7) is 14.9. The Labute approximate surface area is 211 Å². The van der Waals surface area contributed by atoms with Crippen molar-refractivity contribution in [2.75, 3.05) is 0 Å². The van der Waals surface area contributed by atoms with Crippen molar-refractivity contribution in [3.8, 4) is 0 Å². The van der Waals surface area contributed by atoms with Gasteiger partial charge in [0, 0.05) is 31.3 Å². The van der Waals surface area contributed by atoms with Gasteiger partial charge < -0.3 is 18.9 Å². The van der Waals surface area contributed by atoms with Crippen molar-refractivity contribution in [1.82, 2.24) is 0 Å². The molecule has 36 heavy (non-hydrogen) atoms. The first kappa shape index (κ1) is 25.3. The summed E-state index contributed by atoms with van der Waals surface area (Å²) in [4.78, 5) is 52.4. The van der Waals surface area contributed by atoms with Gasteiger partial charge in [0.2, 0.25) is 0 Å². The van der Waals surface area contributed by atoms with Crippen LogP contribution in [0.25, 0.3) is 0 Å². The standard InChI is InChI=1S/C28H36O8/c1-12(29)33-19-16-14(18(31)21-22(19)35-21)11-15(27(6,7)8)28(10-9-26(3,4)5)17(16)20(34-13(2)30)23-24(36-23)25(28)32/h9-11,15-17,19-24H,1-8H3/b10-9+/t15-,16-,17-,19-,20-,21-,22+,23+,24+,28-/m1/s1. The number of esters is 2. The van der Waals surface area contributed by atoms with Crippen LogP contribution in [-0.2, 0) is 38.1 Å². The minimum Gasteiger partial charge on any atom is -0.459 e. The molecule has 5 aliphatic rings. The first-order valence-corrected chi connectivity index (χ1v) is 12.7. The minimum atomic E-state index is -1.14. The SMILES string of the molecule is CC(=O)O[C@H]1[C@@H]2O[C@@H]2C(=O)C2=C[C@H](C(C)(C)C)[C@@]3(/C=C/C(C)(C)C)C(=O)[C@H]4O[C@H]4[C@H](OC(C)=O)[C@H]3[C@@H]21. The van der Waals surface area contributed by atoms with E-state index in [4.69, 9.17) is 18.9 Å². The Balaban J connectivity index is 1.80. The Bertz CT molecular complexity index is 1090. The molecule has 2 heterocycles. The summed E-state index contributed by atoms with van der Waals surface area (Å²) in [6.07, 6.45) is 1.82. The van der Waals surface area contributed by atoms with Gasteiger partial charge in [-0.25, -0.2) is 0 Å². The largest absolute Gasteiger partial charge is 0.459 e. The van der Waals surface area contributed by atoms with E-state index in [-0.39, 0.29) is 17.0 Å². The van der Waals surface area contributed by atoms with Crippen molar-refractivity contribution in [2.24, 2.45) is 34.0 Å². The molecule has 3 aliphatic carbocycles. The van der Waals surface area contributed by atoms with Gasteiger partial charge in [-0.15, -0.1) is 0 Å². The van der Waals surface area contributed by atoms with Crippen molar-refractivity contribution in [3.05, 3.63) is 23.8 Å². The van der Waals surface area contributed by atoms with Crippen molar-refractivity contribution in [2.45, 2.75) is 92.0 Å². The van der Waals surface area contributed by atoms with Gasteiger partial charge in [0.1, 0.15) is 30.5 Å². The minimum absolute atomic E-state index is 0.0792. The molecule has 5 rings (SSSR count). The third kappa shape index (κ3) is 3.79. The molecule has 0 aromatic carbocycles. The highest BCUT2D eigenvalue weighted by Gasteiger charge is 2.76. The molecule has 0 unspecified atom stereocenters. The fourth-order valence-corrected chi connectivity index (χ4v) is 6.85. The number of hydrogen-bond donors (Lipinski definition) is 0. The highest BCUT2D eigenvalue weighted by atomic mass is 16.6. The molecule has 2 aliphatic heterocycles. The van der Waals surface area contributed by atoms with Crippen molar-refractivity contribution in [1.29, 1.82) is 0 Å². The number of allylic oxidation sites excluding steroid dienone is 3. The maximum Gasteiger partial charge on any atom is 0.303 e. The highest BCUT2D eigenvalue weighted by molar-refractivity contribution is 6.04. The smallest absolute Gasteiger partial charge is 0.303 e. The molecule has 0 aromatic rings. The van der Waals surface area contributed by atoms with E-state index in [9.17, 15) is 19.2 Å². The van der Waals surface area contributed by atoms with Crippen molar-refractivity contribution >= 4 is 23.5 Å². The van der Waals surface area contributed by atoms with Gasteiger partial charge in [-0.2, -0.15) is 0 Å². The maximum atomic E-state index is 14.3. The van der Waals surface area contributed by atoms with E-state index >= 15 is 0 Å². The summed E-state index contributed by atoms with van der Waals surface area (Å²) in [5.41, 5.74) is -1.33.